The Hall–Kier alpha value is -1.40. The molecule has 1 fully saturated rings. The zero-order valence-corrected chi connectivity index (χ0v) is 19.8. The molecular formula is C20H32F2IN3O4. The van der Waals surface area contributed by atoms with Gasteiger partial charge in [-0.1, -0.05) is 6.07 Å². The lowest BCUT2D eigenvalue weighted by Gasteiger charge is -2.27. The standard InChI is InChI=1S/C20H31F2N3O4.HI/c1-3-23-19(25-13-20(7-9-26)8-10-27-14-20)24-12-15-5-6-16(29-18(21)22)17(11-15)28-4-2;/h5-6,11,18,26H,3-4,7-10,12-14H2,1-2H3,(H2,23,24,25);1H. The van der Waals surface area contributed by atoms with Crippen LogP contribution in [0.5, 0.6) is 11.5 Å². The van der Waals surface area contributed by atoms with Crippen LogP contribution in [-0.4, -0.2) is 57.2 Å². The van der Waals surface area contributed by atoms with Gasteiger partial charge in [0.2, 0.25) is 0 Å². The Balaban J connectivity index is 0.00000450. The molecule has 0 aliphatic carbocycles. The Labute approximate surface area is 193 Å². The molecule has 1 unspecified atom stereocenters. The number of nitrogens with one attached hydrogen (secondary N) is 2. The van der Waals surface area contributed by atoms with Gasteiger partial charge in [0, 0.05) is 31.7 Å². The number of benzene rings is 1. The third-order valence-electron chi connectivity index (χ3n) is 4.75. The first kappa shape index (κ1) is 26.6. The van der Waals surface area contributed by atoms with Crippen molar-refractivity contribution in [2.24, 2.45) is 10.4 Å². The highest BCUT2D eigenvalue weighted by Crippen LogP contribution is 2.32. The average molecular weight is 543 g/mol. The van der Waals surface area contributed by atoms with Gasteiger partial charge < -0.3 is 30.0 Å². The van der Waals surface area contributed by atoms with Crippen LogP contribution in [0.25, 0.3) is 0 Å². The highest BCUT2D eigenvalue weighted by molar-refractivity contribution is 14.0. The number of hydrogen-bond acceptors (Lipinski definition) is 5. The Morgan fingerprint density at radius 2 is 2.10 bits per heavy atom. The van der Waals surface area contributed by atoms with E-state index in [9.17, 15) is 13.9 Å². The van der Waals surface area contributed by atoms with Crippen LogP contribution in [-0.2, 0) is 11.3 Å². The van der Waals surface area contributed by atoms with E-state index in [1.165, 1.54) is 6.07 Å². The minimum atomic E-state index is -2.91. The van der Waals surface area contributed by atoms with Gasteiger partial charge in [0.15, 0.2) is 17.5 Å². The summed E-state index contributed by atoms with van der Waals surface area (Å²) in [6.07, 6.45) is 1.56. The third kappa shape index (κ3) is 8.38. The number of aliphatic hydroxyl groups is 1. The van der Waals surface area contributed by atoms with Gasteiger partial charge in [-0.15, -0.1) is 24.0 Å². The van der Waals surface area contributed by atoms with Crippen molar-refractivity contribution in [3.8, 4) is 11.5 Å². The first-order valence-electron chi connectivity index (χ1n) is 9.93. The fourth-order valence-electron chi connectivity index (χ4n) is 3.21. The molecule has 1 saturated heterocycles. The molecule has 0 saturated carbocycles. The lowest BCUT2D eigenvalue weighted by Crippen LogP contribution is -2.44. The second kappa shape index (κ2) is 13.8. The molecule has 10 heteroatoms. The number of aliphatic hydroxyl groups excluding tert-OH is 1. The fourth-order valence-corrected chi connectivity index (χ4v) is 3.21. The largest absolute Gasteiger partial charge is 0.490 e. The minimum absolute atomic E-state index is 0. The van der Waals surface area contributed by atoms with E-state index >= 15 is 0 Å². The molecule has 172 valence electrons. The molecule has 1 aromatic carbocycles. The molecule has 1 aliphatic rings. The SMILES string of the molecule is CCNC(=NCc1ccc(OC(F)F)c(OCC)c1)NCC1(CCO)CCOC1.I. The predicted octanol–water partition coefficient (Wildman–Crippen LogP) is 3.15. The predicted molar refractivity (Wildman–Crippen MR) is 122 cm³/mol. The van der Waals surface area contributed by atoms with E-state index in [1.807, 2.05) is 6.92 Å². The van der Waals surface area contributed by atoms with Crippen LogP contribution in [0.1, 0.15) is 32.3 Å². The van der Waals surface area contributed by atoms with Crippen LogP contribution in [0.3, 0.4) is 0 Å². The Morgan fingerprint density at radius 3 is 2.70 bits per heavy atom. The molecule has 1 aliphatic heterocycles. The number of hydrogen-bond donors (Lipinski definition) is 3. The number of halogens is 3. The van der Waals surface area contributed by atoms with Crippen LogP contribution < -0.4 is 20.1 Å². The Kier molecular flexibility index (Phi) is 12.3. The highest BCUT2D eigenvalue weighted by Gasteiger charge is 2.34. The van der Waals surface area contributed by atoms with E-state index in [2.05, 4.69) is 20.4 Å². The first-order valence-corrected chi connectivity index (χ1v) is 9.93. The Bertz CT molecular complexity index is 659. The van der Waals surface area contributed by atoms with Gasteiger partial charge >= 0.3 is 6.61 Å². The van der Waals surface area contributed by atoms with Crippen molar-refractivity contribution < 1.29 is 28.1 Å². The molecule has 2 rings (SSSR count). The maximum absolute atomic E-state index is 12.5. The van der Waals surface area contributed by atoms with Crippen molar-refractivity contribution in [3.63, 3.8) is 0 Å². The fraction of sp³-hybridized carbons (Fsp3) is 0.650. The van der Waals surface area contributed by atoms with Crippen LogP contribution in [0, 0.1) is 5.41 Å². The van der Waals surface area contributed by atoms with Gasteiger partial charge in [0.05, 0.1) is 19.8 Å². The molecule has 7 nitrogen and oxygen atoms in total. The summed E-state index contributed by atoms with van der Waals surface area (Å²) in [5, 5.41) is 15.9. The van der Waals surface area contributed by atoms with Gasteiger partial charge in [-0.05, 0) is 44.4 Å². The van der Waals surface area contributed by atoms with Gasteiger partial charge in [-0.25, -0.2) is 4.99 Å². The molecule has 0 spiro atoms. The topological polar surface area (TPSA) is 84.3 Å². The van der Waals surface area contributed by atoms with E-state index < -0.39 is 6.61 Å². The van der Waals surface area contributed by atoms with E-state index in [-0.39, 0.29) is 47.5 Å². The minimum Gasteiger partial charge on any atom is -0.490 e. The normalized spacial score (nSPS) is 18.8. The summed E-state index contributed by atoms with van der Waals surface area (Å²) in [4.78, 5) is 4.57. The summed E-state index contributed by atoms with van der Waals surface area (Å²) in [7, 11) is 0. The molecule has 0 radical (unpaired) electrons. The van der Waals surface area contributed by atoms with E-state index in [4.69, 9.17) is 9.47 Å². The highest BCUT2D eigenvalue weighted by atomic mass is 127. The van der Waals surface area contributed by atoms with E-state index in [0.29, 0.717) is 51.8 Å². The Morgan fingerprint density at radius 1 is 1.30 bits per heavy atom. The summed E-state index contributed by atoms with van der Waals surface area (Å²) < 4.78 is 40.5. The van der Waals surface area contributed by atoms with Crippen molar-refractivity contribution >= 4 is 29.9 Å². The van der Waals surface area contributed by atoms with Gasteiger partial charge in [0.25, 0.3) is 0 Å². The second-order valence-corrected chi connectivity index (χ2v) is 6.92. The monoisotopic (exact) mass is 543 g/mol. The van der Waals surface area contributed by atoms with E-state index in [1.54, 1.807) is 19.1 Å². The quantitative estimate of drug-likeness (QED) is 0.226. The van der Waals surface area contributed by atoms with Gasteiger partial charge in [0.1, 0.15) is 0 Å². The van der Waals surface area contributed by atoms with Crippen molar-refractivity contribution in [1.29, 1.82) is 0 Å². The molecule has 1 atom stereocenters. The summed E-state index contributed by atoms with van der Waals surface area (Å²) in [5.41, 5.74) is 0.711. The van der Waals surface area contributed by atoms with Crippen molar-refractivity contribution in [1.82, 2.24) is 10.6 Å². The molecule has 0 amide bonds. The molecule has 30 heavy (non-hydrogen) atoms. The average Bonchev–Trinajstić information content (AvgIpc) is 3.15. The number of aliphatic imine (C=N–C) groups is 1. The number of guanidine groups is 1. The number of ether oxygens (including phenoxy) is 3. The zero-order valence-electron chi connectivity index (χ0n) is 17.5. The summed E-state index contributed by atoms with van der Waals surface area (Å²) >= 11 is 0. The summed E-state index contributed by atoms with van der Waals surface area (Å²) in [6.45, 7) is 4.29. The molecule has 0 bridgehead atoms. The molecule has 1 aromatic rings. The van der Waals surface area contributed by atoms with Crippen molar-refractivity contribution in [2.45, 2.75) is 39.8 Å². The molecular weight excluding hydrogens is 511 g/mol. The maximum atomic E-state index is 12.5. The van der Waals surface area contributed by atoms with Crippen LogP contribution in [0.15, 0.2) is 23.2 Å². The molecule has 3 N–H and O–H groups in total. The molecule has 1 heterocycles. The zero-order chi connectivity index (χ0) is 21.1. The van der Waals surface area contributed by atoms with E-state index in [0.717, 1.165) is 12.0 Å². The van der Waals surface area contributed by atoms with Crippen molar-refractivity contribution in [3.05, 3.63) is 23.8 Å². The summed E-state index contributed by atoms with van der Waals surface area (Å²) in [6, 6.07) is 4.81. The summed E-state index contributed by atoms with van der Waals surface area (Å²) in [5.74, 6) is 0.915. The smallest absolute Gasteiger partial charge is 0.387 e. The van der Waals surface area contributed by atoms with Crippen LogP contribution in [0.2, 0.25) is 0 Å². The lowest BCUT2D eigenvalue weighted by molar-refractivity contribution is -0.0514. The lowest BCUT2D eigenvalue weighted by atomic mass is 9.84. The number of alkyl halides is 2. The second-order valence-electron chi connectivity index (χ2n) is 6.92. The first-order chi connectivity index (χ1) is 14.0. The van der Waals surface area contributed by atoms with Crippen molar-refractivity contribution in [2.75, 3.05) is 39.5 Å². The number of rotatable bonds is 11. The number of nitrogens with zero attached hydrogens (tertiary/aromatic N) is 1. The third-order valence-corrected chi connectivity index (χ3v) is 4.75. The van der Waals surface area contributed by atoms with Crippen LogP contribution in [0.4, 0.5) is 8.78 Å². The van der Waals surface area contributed by atoms with Crippen LogP contribution >= 0.6 is 24.0 Å². The molecule has 0 aromatic heterocycles. The maximum Gasteiger partial charge on any atom is 0.387 e. The van der Waals surface area contributed by atoms with Gasteiger partial charge in [-0.3, -0.25) is 0 Å². The van der Waals surface area contributed by atoms with Gasteiger partial charge in [-0.2, -0.15) is 8.78 Å².